The van der Waals surface area contributed by atoms with E-state index in [-0.39, 0.29) is 28.3 Å². The maximum absolute atomic E-state index is 11.4. The summed E-state index contributed by atoms with van der Waals surface area (Å²) in [5.41, 5.74) is 0.240. The number of hydrogen-bond donors (Lipinski definition) is 2. The lowest BCUT2D eigenvalue weighted by molar-refractivity contribution is -0.384. The van der Waals surface area contributed by atoms with Crippen molar-refractivity contribution < 1.29 is 18.1 Å². The number of nitro groups is 1. The Morgan fingerprint density at radius 1 is 1.50 bits per heavy atom. The Kier molecular flexibility index (Phi) is 4.81. The molecule has 0 bridgehead atoms. The molecule has 1 heterocycles. The average molecular weight is 345 g/mol. The van der Waals surface area contributed by atoms with Gasteiger partial charge >= 0.3 is 0 Å². The number of non-ortho nitro benzene ring substituents is 1. The Labute approximate surface area is 132 Å². The van der Waals surface area contributed by atoms with Crippen LogP contribution in [-0.4, -0.2) is 43.1 Å². The Balaban J connectivity index is 2.07. The molecule has 0 spiro atoms. The number of benzene rings is 1. The summed E-state index contributed by atoms with van der Waals surface area (Å²) in [6.07, 6.45) is 0.482. The molecule has 120 valence electrons. The van der Waals surface area contributed by atoms with Gasteiger partial charge in [-0.05, 0) is 24.7 Å². The molecule has 0 aliphatic carbocycles. The minimum atomic E-state index is -3.01. The highest BCUT2D eigenvalue weighted by Gasteiger charge is 2.28. The number of nitrogens with zero attached hydrogens (tertiary/aromatic N) is 1. The first-order valence-electron chi connectivity index (χ1n) is 6.41. The van der Waals surface area contributed by atoms with E-state index in [2.05, 4.69) is 10.6 Å². The van der Waals surface area contributed by atoms with Crippen molar-refractivity contribution in [3.05, 3.63) is 28.3 Å². The van der Waals surface area contributed by atoms with Gasteiger partial charge in [0.15, 0.2) is 14.9 Å². The zero-order chi connectivity index (χ0) is 16.3. The molecule has 0 radical (unpaired) electrons. The van der Waals surface area contributed by atoms with Crippen molar-refractivity contribution in [2.45, 2.75) is 12.5 Å². The SMILES string of the molecule is COc1ccc([N+](=O)[O-])cc1NC(=S)N[C@H]1CCS(=O)(=O)C1. The summed E-state index contributed by atoms with van der Waals surface area (Å²) >= 11 is 5.12. The first kappa shape index (κ1) is 16.4. The summed E-state index contributed by atoms with van der Waals surface area (Å²) in [7, 11) is -1.57. The summed E-state index contributed by atoms with van der Waals surface area (Å²) in [6.45, 7) is 0. The van der Waals surface area contributed by atoms with Gasteiger partial charge in [-0.25, -0.2) is 8.42 Å². The van der Waals surface area contributed by atoms with Gasteiger partial charge in [-0.2, -0.15) is 0 Å². The molecule has 1 saturated heterocycles. The molecule has 1 atom stereocenters. The zero-order valence-corrected chi connectivity index (χ0v) is 13.4. The maximum atomic E-state index is 11.4. The lowest BCUT2D eigenvalue weighted by Crippen LogP contribution is -2.38. The number of thiocarbonyl (C=S) groups is 1. The second-order valence-corrected chi connectivity index (χ2v) is 7.48. The lowest BCUT2D eigenvalue weighted by Gasteiger charge is -2.16. The smallest absolute Gasteiger partial charge is 0.271 e. The van der Waals surface area contributed by atoms with Crippen LogP contribution < -0.4 is 15.4 Å². The molecule has 0 saturated carbocycles. The maximum Gasteiger partial charge on any atom is 0.271 e. The standard InChI is InChI=1S/C12H15N3O5S2/c1-20-11-3-2-9(15(16)17)6-10(11)14-12(21)13-8-4-5-22(18,19)7-8/h2-3,6,8H,4-5,7H2,1H3,(H2,13,14,21)/t8-/m0/s1. The number of sulfone groups is 1. The number of hydrogen-bond acceptors (Lipinski definition) is 6. The van der Waals surface area contributed by atoms with Crippen molar-refractivity contribution in [2.24, 2.45) is 0 Å². The molecular formula is C12H15N3O5S2. The third-order valence-electron chi connectivity index (χ3n) is 3.21. The van der Waals surface area contributed by atoms with E-state index >= 15 is 0 Å². The van der Waals surface area contributed by atoms with Crippen molar-refractivity contribution in [1.29, 1.82) is 0 Å². The predicted molar refractivity (Wildman–Crippen MR) is 86.1 cm³/mol. The highest BCUT2D eigenvalue weighted by atomic mass is 32.2. The van der Waals surface area contributed by atoms with E-state index in [9.17, 15) is 18.5 Å². The second-order valence-electron chi connectivity index (χ2n) is 4.84. The van der Waals surface area contributed by atoms with Crippen molar-refractivity contribution >= 4 is 38.5 Å². The van der Waals surface area contributed by atoms with Crippen molar-refractivity contribution in [1.82, 2.24) is 5.32 Å². The second kappa shape index (κ2) is 6.44. The molecule has 1 aliphatic heterocycles. The van der Waals surface area contributed by atoms with E-state index in [1.807, 2.05) is 0 Å². The largest absolute Gasteiger partial charge is 0.495 e. The molecule has 0 amide bonds. The molecular weight excluding hydrogens is 330 g/mol. The van der Waals surface area contributed by atoms with Crippen LogP contribution in [0.5, 0.6) is 5.75 Å². The molecule has 10 heteroatoms. The van der Waals surface area contributed by atoms with Crippen molar-refractivity contribution in [2.75, 3.05) is 23.9 Å². The third-order valence-corrected chi connectivity index (χ3v) is 5.20. The van der Waals surface area contributed by atoms with Crippen LogP contribution in [-0.2, 0) is 9.84 Å². The van der Waals surface area contributed by atoms with E-state index < -0.39 is 14.8 Å². The number of rotatable bonds is 4. The number of methoxy groups -OCH3 is 1. The van der Waals surface area contributed by atoms with E-state index in [1.165, 1.54) is 25.3 Å². The minimum Gasteiger partial charge on any atom is -0.495 e. The fourth-order valence-corrected chi connectivity index (χ4v) is 4.11. The van der Waals surface area contributed by atoms with Gasteiger partial charge in [0.2, 0.25) is 0 Å². The van der Waals surface area contributed by atoms with Gasteiger partial charge in [0.05, 0.1) is 29.2 Å². The molecule has 8 nitrogen and oxygen atoms in total. The van der Waals surface area contributed by atoms with Gasteiger partial charge < -0.3 is 15.4 Å². The summed E-state index contributed by atoms with van der Waals surface area (Å²) < 4.78 is 27.9. The lowest BCUT2D eigenvalue weighted by atomic mass is 10.2. The molecule has 1 aromatic rings. The average Bonchev–Trinajstić information content (AvgIpc) is 2.77. The summed E-state index contributed by atoms with van der Waals surface area (Å²) in [5.74, 6) is 0.558. The van der Waals surface area contributed by atoms with Crippen LogP contribution in [0.15, 0.2) is 18.2 Å². The van der Waals surface area contributed by atoms with Crippen LogP contribution >= 0.6 is 12.2 Å². The molecule has 22 heavy (non-hydrogen) atoms. The Bertz CT molecular complexity index is 705. The molecule has 0 aromatic heterocycles. The number of nitro benzene ring substituents is 1. The van der Waals surface area contributed by atoms with Crippen LogP contribution in [0, 0.1) is 10.1 Å². The fourth-order valence-electron chi connectivity index (χ4n) is 2.16. The number of anilines is 1. The quantitative estimate of drug-likeness (QED) is 0.474. The topological polar surface area (TPSA) is 111 Å². The molecule has 1 aliphatic rings. The Morgan fingerprint density at radius 2 is 2.23 bits per heavy atom. The van der Waals surface area contributed by atoms with Crippen molar-refractivity contribution in [3.8, 4) is 5.75 Å². The van der Waals surface area contributed by atoms with E-state index in [4.69, 9.17) is 17.0 Å². The number of nitrogens with one attached hydrogen (secondary N) is 2. The van der Waals surface area contributed by atoms with Crippen LogP contribution in [0.1, 0.15) is 6.42 Å². The number of ether oxygens (including phenoxy) is 1. The Morgan fingerprint density at radius 3 is 2.77 bits per heavy atom. The monoisotopic (exact) mass is 345 g/mol. The summed E-state index contributed by atoms with van der Waals surface area (Å²) in [6, 6.07) is 3.83. The molecule has 0 unspecified atom stereocenters. The van der Waals surface area contributed by atoms with Crippen LogP contribution in [0.25, 0.3) is 0 Å². The summed E-state index contributed by atoms with van der Waals surface area (Å²) in [4.78, 5) is 10.3. The highest BCUT2D eigenvalue weighted by Crippen LogP contribution is 2.28. The van der Waals surface area contributed by atoms with Crippen molar-refractivity contribution in [3.63, 3.8) is 0 Å². The predicted octanol–water partition coefficient (Wildman–Crippen LogP) is 1.08. The third kappa shape index (κ3) is 4.04. The first-order valence-corrected chi connectivity index (χ1v) is 8.64. The van der Waals surface area contributed by atoms with E-state index in [0.717, 1.165) is 0 Å². The Hall–Kier alpha value is -1.94. The molecule has 1 aromatic carbocycles. The van der Waals surface area contributed by atoms with Gasteiger partial charge in [-0.3, -0.25) is 10.1 Å². The van der Waals surface area contributed by atoms with Crippen LogP contribution in [0.2, 0.25) is 0 Å². The van der Waals surface area contributed by atoms with Gasteiger partial charge in [-0.1, -0.05) is 0 Å². The van der Waals surface area contributed by atoms with Gasteiger partial charge in [0, 0.05) is 18.2 Å². The van der Waals surface area contributed by atoms with Crippen LogP contribution in [0.4, 0.5) is 11.4 Å². The molecule has 1 fully saturated rings. The summed E-state index contributed by atoms with van der Waals surface area (Å²) in [5, 5.41) is 16.7. The molecule has 2 N–H and O–H groups in total. The van der Waals surface area contributed by atoms with E-state index in [0.29, 0.717) is 17.9 Å². The van der Waals surface area contributed by atoms with Gasteiger partial charge in [0.1, 0.15) is 5.75 Å². The minimum absolute atomic E-state index is 0.0287. The molecule has 2 rings (SSSR count). The fraction of sp³-hybridized carbons (Fsp3) is 0.417. The van der Waals surface area contributed by atoms with E-state index in [1.54, 1.807) is 0 Å². The normalized spacial score (nSPS) is 19.4. The first-order chi connectivity index (χ1) is 10.3. The van der Waals surface area contributed by atoms with Gasteiger partial charge in [0.25, 0.3) is 5.69 Å². The van der Waals surface area contributed by atoms with Crippen LogP contribution in [0.3, 0.4) is 0 Å². The van der Waals surface area contributed by atoms with Gasteiger partial charge in [-0.15, -0.1) is 0 Å². The highest BCUT2D eigenvalue weighted by molar-refractivity contribution is 7.91. The zero-order valence-electron chi connectivity index (χ0n) is 11.7.